The highest BCUT2D eigenvalue weighted by molar-refractivity contribution is 14.0. The summed E-state index contributed by atoms with van der Waals surface area (Å²) in [5.41, 5.74) is 0. The van der Waals surface area contributed by atoms with Crippen LogP contribution in [0.4, 0.5) is 0 Å². The Kier molecular flexibility index (Phi) is 12.7. The molecule has 1 atom stereocenters. The highest BCUT2D eigenvalue weighted by Gasteiger charge is 2.27. The van der Waals surface area contributed by atoms with Crippen LogP contribution in [0.3, 0.4) is 0 Å². The van der Waals surface area contributed by atoms with Gasteiger partial charge >= 0.3 is 0 Å². The van der Waals surface area contributed by atoms with Gasteiger partial charge in [-0.2, -0.15) is 11.8 Å². The van der Waals surface area contributed by atoms with Crippen LogP contribution in [0.25, 0.3) is 0 Å². The van der Waals surface area contributed by atoms with Crippen molar-refractivity contribution in [1.82, 2.24) is 19.4 Å². The summed E-state index contributed by atoms with van der Waals surface area (Å²) < 4.78 is 26.6. The Hall–Kier alpha value is 0.220. The molecule has 0 aromatic rings. The molecule has 0 bridgehead atoms. The molecule has 0 radical (unpaired) electrons. The van der Waals surface area contributed by atoms with E-state index in [0.29, 0.717) is 25.6 Å². The molecule has 0 amide bonds. The van der Waals surface area contributed by atoms with Crippen LogP contribution in [0.15, 0.2) is 4.99 Å². The Morgan fingerprint density at radius 3 is 2.46 bits per heavy atom. The summed E-state index contributed by atoms with van der Waals surface area (Å²) in [5, 5.41) is 3.34. The van der Waals surface area contributed by atoms with Gasteiger partial charge < -0.3 is 15.1 Å². The van der Waals surface area contributed by atoms with Gasteiger partial charge in [-0.15, -0.1) is 24.0 Å². The first kappa shape index (κ1) is 26.3. The molecule has 2 aliphatic heterocycles. The third-order valence-electron chi connectivity index (χ3n) is 5.31. The summed E-state index contributed by atoms with van der Waals surface area (Å²) in [5.74, 6) is 3.41. The Morgan fingerprint density at radius 1 is 1.18 bits per heavy atom. The van der Waals surface area contributed by atoms with Crippen LogP contribution in [0.2, 0.25) is 0 Å². The van der Waals surface area contributed by atoms with E-state index in [1.807, 2.05) is 11.8 Å². The predicted molar refractivity (Wildman–Crippen MR) is 132 cm³/mol. The lowest BCUT2D eigenvalue weighted by Crippen LogP contribution is -2.42. The molecule has 2 aliphatic rings. The number of hydrogen-bond acceptors (Lipinski definition) is 5. The van der Waals surface area contributed by atoms with Crippen LogP contribution in [0.1, 0.15) is 27.2 Å². The maximum atomic E-state index is 12.5. The fourth-order valence-electron chi connectivity index (χ4n) is 3.67. The second-order valence-corrected chi connectivity index (χ2v) is 10.5. The molecule has 166 valence electrons. The van der Waals surface area contributed by atoms with Crippen molar-refractivity contribution in [3.63, 3.8) is 0 Å². The van der Waals surface area contributed by atoms with Crippen LogP contribution < -0.4 is 5.32 Å². The molecule has 0 spiro atoms. The van der Waals surface area contributed by atoms with Gasteiger partial charge in [-0.1, -0.05) is 13.8 Å². The second-order valence-electron chi connectivity index (χ2n) is 7.15. The minimum atomic E-state index is -3.19. The topological polar surface area (TPSA) is 68.2 Å². The molecule has 2 rings (SSSR count). The first-order valence-corrected chi connectivity index (χ1v) is 13.1. The van der Waals surface area contributed by atoms with Gasteiger partial charge in [0.15, 0.2) is 5.96 Å². The highest BCUT2D eigenvalue weighted by atomic mass is 127. The number of likely N-dealkylation sites (tertiary alicyclic amines) is 1. The van der Waals surface area contributed by atoms with Crippen LogP contribution in [0.5, 0.6) is 0 Å². The van der Waals surface area contributed by atoms with E-state index in [1.54, 1.807) is 4.31 Å². The fraction of sp³-hybridized carbons (Fsp3) is 0.944. The van der Waals surface area contributed by atoms with Gasteiger partial charge in [0.25, 0.3) is 0 Å². The van der Waals surface area contributed by atoms with E-state index < -0.39 is 10.0 Å². The predicted octanol–water partition coefficient (Wildman–Crippen LogP) is 1.61. The van der Waals surface area contributed by atoms with E-state index in [0.717, 1.165) is 56.7 Å². The van der Waals surface area contributed by atoms with Crippen LogP contribution in [-0.4, -0.2) is 105 Å². The van der Waals surface area contributed by atoms with Gasteiger partial charge in [0.1, 0.15) is 0 Å². The average Bonchev–Trinajstić information content (AvgIpc) is 3.14. The summed E-state index contributed by atoms with van der Waals surface area (Å²) in [6.07, 6.45) is 1.17. The van der Waals surface area contributed by atoms with Crippen molar-refractivity contribution in [1.29, 1.82) is 0 Å². The average molecular weight is 548 g/mol. The monoisotopic (exact) mass is 547 g/mol. The molecule has 0 aromatic carbocycles. The number of thioether (sulfide) groups is 1. The number of guanidine groups is 1. The number of nitrogens with zero attached hydrogens (tertiary/aromatic N) is 4. The Labute approximate surface area is 193 Å². The molecule has 2 fully saturated rings. The molecule has 0 saturated carbocycles. The summed E-state index contributed by atoms with van der Waals surface area (Å²) in [7, 11) is -3.19. The van der Waals surface area contributed by atoms with E-state index in [-0.39, 0.29) is 29.7 Å². The SMILES string of the molecule is CCNC(=NCCS(=O)(=O)N1CCSCC1)N1CCC(CN(CC)CC)C1.I. The zero-order valence-corrected chi connectivity index (χ0v) is 21.6. The van der Waals surface area contributed by atoms with Gasteiger partial charge in [0.05, 0.1) is 12.3 Å². The van der Waals surface area contributed by atoms with Crippen molar-refractivity contribution in [2.45, 2.75) is 27.2 Å². The normalized spacial score (nSPS) is 21.8. The summed E-state index contributed by atoms with van der Waals surface area (Å²) in [4.78, 5) is 9.40. The molecule has 28 heavy (non-hydrogen) atoms. The summed E-state index contributed by atoms with van der Waals surface area (Å²) in [6.45, 7) is 14.2. The van der Waals surface area contributed by atoms with E-state index in [2.05, 4.69) is 40.9 Å². The van der Waals surface area contributed by atoms with Gasteiger partial charge in [-0.05, 0) is 32.4 Å². The third-order valence-corrected chi connectivity index (χ3v) is 8.10. The second kappa shape index (κ2) is 13.5. The first-order valence-electron chi connectivity index (χ1n) is 10.3. The summed E-state index contributed by atoms with van der Waals surface area (Å²) in [6, 6.07) is 0. The molecule has 1 unspecified atom stereocenters. The van der Waals surface area contributed by atoms with Gasteiger partial charge in [-0.3, -0.25) is 4.99 Å². The van der Waals surface area contributed by atoms with Crippen LogP contribution in [-0.2, 0) is 10.0 Å². The molecule has 0 aliphatic carbocycles. The first-order chi connectivity index (χ1) is 13.0. The van der Waals surface area contributed by atoms with Crippen molar-refractivity contribution in [2.75, 3.05) is 76.2 Å². The lowest BCUT2D eigenvalue weighted by atomic mass is 10.1. The molecule has 2 heterocycles. The Balaban J connectivity index is 0.00000392. The van der Waals surface area contributed by atoms with E-state index in [9.17, 15) is 8.42 Å². The van der Waals surface area contributed by atoms with Crippen molar-refractivity contribution < 1.29 is 8.42 Å². The molecule has 0 aromatic heterocycles. The molecule has 10 heteroatoms. The number of halogens is 1. The third kappa shape index (κ3) is 8.16. The maximum absolute atomic E-state index is 12.5. The quantitative estimate of drug-likeness (QED) is 0.269. The Bertz CT molecular complexity index is 566. The largest absolute Gasteiger partial charge is 0.357 e. The van der Waals surface area contributed by atoms with Crippen LogP contribution in [0, 0.1) is 5.92 Å². The maximum Gasteiger partial charge on any atom is 0.215 e. The number of aliphatic imine (C=N–C) groups is 1. The van der Waals surface area contributed by atoms with Crippen molar-refractivity contribution >= 4 is 51.7 Å². The molecular formula is C18H38IN5O2S2. The van der Waals surface area contributed by atoms with Gasteiger partial charge in [0.2, 0.25) is 10.0 Å². The van der Waals surface area contributed by atoms with Crippen molar-refractivity contribution in [2.24, 2.45) is 10.9 Å². The summed E-state index contributed by atoms with van der Waals surface area (Å²) >= 11 is 1.82. The zero-order valence-electron chi connectivity index (χ0n) is 17.6. The lowest BCUT2D eigenvalue weighted by molar-refractivity contribution is 0.255. The van der Waals surface area contributed by atoms with Gasteiger partial charge in [-0.25, -0.2) is 12.7 Å². The van der Waals surface area contributed by atoms with Crippen molar-refractivity contribution in [3.05, 3.63) is 0 Å². The van der Waals surface area contributed by atoms with Crippen LogP contribution >= 0.6 is 35.7 Å². The molecule has 2 saturated heterocycles. The smallest absolute Gasteiger partial charge is 0.215 e. The van der Waals surface area contributed by atoms with E-state index >= 15 is 0 Å². The fourth-order valence-corrected chi connectivity index (χ4v) is 6.12. The minimum absolute atomic E-state index is 0. The molecular weight excluding hydrogens is 509 g/mol. The number of sulfonamides is 1. The Morgan fingerprint density at radius 2 is 1.86 bits per heavy atom. The highest BCUT2D eigenvalue weighted by Crippen LogP contribution is 2.18. The van der Waals surface area contributed by atoms with E-state index in [1.165, 1.54) is 6.42 Å². The number of rotatable bonds is 9. The number of nitrogens with one attached hydrogen (secondary N) is 1. The van der Waals surface area contributed by atoms with Crippen molar-refractivity contribution in [3.8, 4) is 0 Å². The van der Waals surface area contributed by atoms with Gasteiger partial charge in [0, 0.05) is 50.8 Å². The molecule has 7 nitrogen and oxygen atoms in total. The lowest BCUT2D eigenvalue weighted by Gasteiger charge is -2.26. The minimum Gasteiger partial charge on any atom is -0.357 e. The molecule has 1 N–H and O–H groups in total. The standard InChI is InChI=1S/C18H37N5O2S2.HI/c1-4-19-18(22-9-7-17(16-22)15-21(5-2)6-3)20-8-14-27(24,25)23-10-12-26-13-11-23;/h17H,4-16H2,1-3H3,(H,19,20);1H. The zero-order chi connectivity index (χ0) is 19.7. The van der Waals surface area contributed by atoms with E-state index in [4.69, 9.17) is 0 Å². The number of hydrogen-bond donors (Lipinski definition) is 1.